The van der Waals surface area contributed by atoms with Gasteiger partial charge in [-0.15, -0.1) is 10.2 Å². The molecule has 1 aromatic carbocycles. The number of nitrogens with one attached hydrogen (secondary N) is 2. The van der Waals surface area contributed by atoms with Crippen molar-refractivity contribution in [3.05, 3.63) is 71.1 Å². The van der Waals surface area contributed by atoms with Crippen molar-refractivity contribution in [3.63, 3.8) is 0 Å². The number of hydrogen-bond acceptors (Lipinski definition) is 7. The first-order valence-electron chi connectivity index (χ1n) is 13.0. The minimum Gasteiger partial charge on any atom is -0.366 e. The SMILES string of the molecule is Cc1cccc(NC(=O)[C@@H]2C3CCC(C3)N2C(=O)Cn2cc(C(N)=O)c3cc(Nc4ccc(Cl)nn4)ccc32)n1. The minimum absolute atomic E-state index is 0.00689. The molecule has 0 spiro atoms. The Morgan fingerprint density at radius 3 is 2.67 bits per heavy atom. The Labute approximate surface area is 234 Å². The number of amides is 3. The van der Waals surface area contributed by atoms with Crippen LogP contribution < -0.4 is 16.4 Å². The van der Waals surface area contributed by atoms with Crippen LogP contribution in [0.4, 0.5) is 17.3 Å². The molecule has 4 heterocycles. The van der Waals surface area contributed by atoms with Gasteiger partial charge < -0.3 is 25.8 Å². The van der Waals surface area contributed by atoms with Gasteiger partial charge >= 0.3 is 0 Å². The summed E-state index contributed by atoms with van der Waals surface area (Å²) in [5.74, 6) is 0.0320. The standard InChI is InChI=1S/C28H27ClN8O3/c1-15-3-2-4-23(31-15)33-28(40)26-16-5-7-18(11-16)37(26)25(38)14-36-13-20(27(30)39)19-12-17(6-8-21(19)36)32-24-10-9-22(29)34-35-24/h2-4,6,8-10,12-13,16,18,26H,5,7,11,14H2,1H3,(H2,30,39)(H,32,35)(H,31,33,40)/t16?,18?,26-/m0/s1. The molecule has 12 heteroatoms. The number of fused-ring (bicyclic) bond motifs is 3. The van der Waals surface area contributed by atoms with Crippen LogP contribution in [0.2, 0.25) is 5.15 Å². The number of nitrogens with zero attached hydrogens (tertiary/aromatic N) is 5. The second-order valence-electron chi connectivity index (χ2n) is 10.3. The van der Waals surface area contributed by atoms with E-state index in [0.29, 0.717) is 28.2 Å². The highest BCUT2D eigenvalue weighted by molar-refractivity contribution is 6.29. The molecule has 4 aromatic rings. The van der Waals surface area contributed by atoms with Crippen LogP contribution in [0.15, 0.2) is 54.7 Å². The quantitative estimate of drug-likeness (QED) is 0.313. The highest BCUT2D eigenvalue weighted by Crippen LogP contribution is 2.43. The van der Waals surface area contributed by atoms with Crippen molar-refractivity contribution in [1.82, 2.24) is 24.6 Å². The van der Waals surface area contributed by atoms with E-state index in [1.54, 1.807) is 39.9 Å². The third-order valence-corrected chi connectivity index (χ3v) is 7.84. The van der Waals surface area contributed by atoms with Crippen LogP contribution in [-0.4, -0.2) is 54.5 Å². The molecule has 6 rings (SSSR count). The van der Waals surface area contributed by atoms with Crippen LogP contribution in [0.5, 0.6) is 0 Å². The van der Waals surface area contributed by atoms with E-state index in [1.165, 1.54) is 0 Å². The number of piperidine rings is 1. The molecule has 2 bridgehead atoms. The van der Waals surface area contributed by atoms with Gasteiger partial charge in [0.05, 0.1) is 5.56 Å². The highest BCUT2D eigenvalue weighted by atomic mass is 35.5. The van der Waals surface area contributed by atoms with Crippen LogP contribution >= 0.6 is 11.6 Å². The Morgan fingerprint density at radius 1 is 1.07 bits per heavy atom. The van der Waals surface area contributed by atoms with E-state index in [-0.39, 0.29) is 41.0 Å². The van der Waals surface area contributed by atoms with Gasteiger partial charge in [-0.05, 0) is 74.6 Å². The fourth-order valence-electron chi connectivity index (χ4n) is 5.96. The number of primary amides is 1. The number of halogens is 1. The summed E-state index contributed by atoms with van der Waals surface area (Å²) < 4.78 is 1.71. The zero-order valence-electron chi connectivity index (χ0n) is 21.7. The van der Waals surface area contributed by atoms with Crippen LogP contribution in [0, 0.1) is 12.8 Å². The molecule has 2 aliphatic rings. The Bertz CT molecular complexity index is 1640. The van der Waals surface area contributed by atoms with E-state index in [9.17, 15) is 14.4 Å². The third-order valence-electron chi connectivity index (χ3n) is 7.64. The summed E-state index contributed by atoms with van der Waals surface area (Å²) >= 11 is 5.82. The zero-order valence-corrected chi connectivity index (χ0v) is 22.4. The molecular formula is C28H27ClN8O3. The number of pyridine rings is 1. The number of carbonyl (C=O) groups excluding carboxylic acids is 3. The molecule has 40 heavy (non-hydrogen) atoms. The van der Waals surface area contributed by atoms with E-state index >= 15 is 0 Å². The Kier molecular flexibility index (Phi) is 6.59. The zero-order chi connectivity index (χ0) is 28.0. The van der Waals surface area contributed by atoms with Crippen molar-refractivity contribution in [1.29, 1.82) is 0 Å². The first-order chi connectivity index (χ1) is 19.3. The maximum atomic E-state index is 13.7. The van der Waals surface area contributed by atoms with E-state index in [2.05, 4.69) is 25.8 Å². The predicted molar refractivity (Wildman–Crippen MR) is 150 cm³/mol. The summed E-state index contributed by atoms with van der Waals surface area (Å²) in [5, 5.41) is 14.7. The Balaban J connectivity index is 1.25. The normalized spacial score (nSPS) is 19.6. The topological polar surface area (TPSA) is 148 Å². The molecule has 204 valence electrons. The predicted octanol–water partition coefficient (Wildman–Crippen LogP) is 3.65. The number of likely N-dealkylation sites (tertiary alicyclic amines) is 1. The van der Waals surface area contributed by atoms with Crippen LogP contribution in [-0.2, 0) is 16.1 Å². The second-order valence-corrected chi connectivity index (χ2v) is 10.6. The molecule has 1 aliphatic heterocycles. The maximum absolute atomic E-state index is 13.7. The molecule has 11 nitrogen and oxygen atoms in total. The molecule has 3 amide bonds. The number of hydrogen-bond donors (Lipinski definition) is 3. The van der Waals surface area contributed by atoms with Gasteiger partial charge in [0, 0.05) is 34.5 Å². The monoisotopic (exact) mass is 558 g/mol. The molecule has 2 unspecified atom stereocenters. The van der Waals surface area contributed by atoms with Crippen LogP contribution in [0.3, 0.4) is 0 Å². The van der Waals surface area contributed by atoms with Gasteiger partial charge in [-0.3, -0.25) is 14.4 Å². The molecule has 1 aliphatic carbocycles. The first kappa shape index (κ1) is 25.8. The molecular weight excluding hydrogens is 532 g/mol. The van der Waals surface area contributed by atoms with Crippen molar-refractivity contribution in [2.24, 2.45) is 11.7 Å². The summed E-state index contributed by atoms with van der Waals surface area (Å²) in [6.45, 7) is 1.82. The number of anilines is 3. The van der Waals surface area contributed by atoms with Gasteiger partial charge in [0.15, 0.2) is 11.0 Å². The van der Waals surface area contributed by atoms with Crippen molar-refractivity contribution in [2.45, 2.75) is 44.8 Å². The average Bonchev–Trinajstić information content (AvgIpc) is 3.63. The van der Waals surface area contributed by atoms with Crippen molar-refractivity contribution >= 4 is 57.5 Å². The summed E-state index contributed by atoms with van der Waals surface area (Å²) in [6.07, 6.45) is 4.16. The van der Waals surface area contributed by atoms with Gasteiger partial charge in [-0.25, -0.2) is 4.98 Å². The lowest BCUT2D eigenvalue weighted by atomic mass is 9.97. The van der Waals surface area contributed by atoms with E-state index < -0.39 is 11.9 Å². The number of aromatic nitrogens is 4. The molecule has 1 saturated heterocycles. The number of benzene rings is 1. The van der Waals surface area contributed by atoms with Gasteiger partial charge in [0.2, 0.25) is 11.8 Å². The maximum Gasteiger partial charge on any atom is 0.250 e. The number of nitrogens with two attached hydrogens (primary N) is 1. The summed E-state index contributed by atoms with van der Waals surface area (Å²) in [6, 6.07) is 13.6. The highest BCUT2D eigenvalue weighted by Gasteiger charge is 2.51. The lowest BCUT2D eigenvalue weighted by Crippen LogP contribution is -2.51. The van der Waals surface area contributed by atoms with Gasteiger partial charge in [0.1, 0.15) is 18.4 Å². The average molecular weight is 559 g/mol. The van der Waals surface area contributed by atoms with Gasteiger partial charge in [-0.2, -0.15) is 0 Å². The lowest BCUT2D eigenvalue weighted by molar-refractivity contribution is -0.141. The molecule has 1 saturated carbocycles. The Morgan fingerprint density at radius 2 is 1.93 bits per heavy atom. The van der Waals surface area contributed by atoms with E-state index in [1.807, 2.05) is 31.2 Å². The number of rotatable bonds is 7. The fourth-order valence-corrected chi connectivity index (χ4v) is 6.06. The molecule has 3 aromatic heterocycles. The molecule has 2 fully saturated rings. The van der Waals surface area contributed by atoms with Gasteiger partial charge in [0.25, 0.3) is 5.91 Å². The van der Waals surface area contributed by atoms with Crippen molar-refractivity contribution < 1.29 is 14.4 Å². The summed E-state index contributed by atoms with van der Waals surface area (Å²) in [7, 11) is 0. The molecule has 0 radical (unpaired) electrons. The Hall–Kier alpha value is -4.51. The second kappa shape index (κ2) is 10.2. The van der Waals surface area contributed by atoms with Crippen LogP contribution in [0.25, 0.3) is 10.9 Å². The minimum atomic E-state index is -0.609. The van der Waals surface area contributed by atoms with Gasteiger partial charge in [-0.1, -0.05) is 17.7 Å². The first-order valence-corrected chi connectivity index (χ1v) is 13.4. The molecule has 4 N–H and O–H groups in total. The number of aryl methyl sites for hydroxylation is 1. The third kappa shape index (κ3) is 4.84. The van der Waals surface area contributed by atoms with Crippen molar-refractivity contribution in [3.8, 4) is 0 Å². The van der Waals surface area contributed by atoms with E-state index in [4.69, 9.17) is 17.3 Å². The number of carbonyl (C=O) groups is 3. The van der Waals surface area contributed by atoms with Crippen LogP contribution in [0.1, 0.15) is 35.3 Å². The fraction of sp³-hybridized carbons (Fsp3) is 0.286. The lowest BCUT2D eigenvalue weighted by Gasteiger charge is -2.34. The largest absolute Gasteiger partial charge is 0.366 e. The van der Waals surface area contributed by atoms with E-state index in [0.717, 1.165) is 25.0 Å². The summed E-state index contributed by atoms with van der Waals surface area (Å²) in [5.41, 5.74) is 8.11. The van der Waals surface area contributed by atoms with Crippen molar-refractivity contribution in [2.75, 3.05) is 10.6 Å². The smallest absolute Gasteiger partial charge is 0.250 e. The summed E-state index contributed by atoms with van der Waals surface area (Å²) in [4.78, 5) is 45.5. The molecule has 3 atom stereocenters.